The van der Waals surface area contributed by atoms with Crippen molar-refractivity contribution in [2.75, 3.05) is 0 Å². The second kappa shape index (κ2) is 5.74. The van der Waals surface area contributed by atoms with Crippen molar-refractivity contribution in [3.05, 3.63) is 53.2 Å². The molecule has 20 heavy (non-hydrogen) atoms. The number of aryl methyl sites for hydroxylation is 1. The molecule has 0 aliphatic heterocycles. The third-order valence-electron chi connectivity index (χ3n) is 3.06. The lowest BCUT2D eigenvalue weighted by atomic mass is 10.0. The van der Waals surface area contributed by atoms with E-state index in [-0.39, 0.29) is 5.56 Å². The van der Waals surface area contributed by atoms with Gasteiger partial charge in [-0.2, -0.15) is 0 Å². The molecule has 2 aromatic rings. The van der Waals surface area contributed by atoms with Crippen LogP contribution in [-0.2, 0) is 0 Å². The summed E-state index contributed by atoms with van der Waals surface area (Å²) in [7, 11) is 0. The van der Waals surface area contributed by atoms with E-state index in [2.05, 4.69) is 18.8 Å². The Labute approximate surface area is 118 Å². The molecule has 0 aliphatic carbocycles. The summed E-state index contributed by atoms with van der Waals surface area (Å²) in [5, 5.41) is 8.95. The zero-order chi connectivity index (χ0) is 14.7. The second-order valence-corrected chi connectivity index (χ2v) is 4.91. The summed E-state index contributed by atoms with van der Waals surface area (Å²) < 4.78 is 5.62. The third kappa shape index (κ3) is 3.15. The van der Waals surface area contributed by atoms with Gasteiger partial charge in [-0.05, 0) is 36.6 Å². The van der Waals surface area contributed by atoms with E-state index in [9.17, 15) is 4.79 Å². The van der Waals surface area contributed by atoms with E-state index in [1.165, 1.54) is 11.6 Å². The molecular weight excluding hydrogens is 254 g/mol. The molecule has 0 atom stereocenters. The number of ether oxygens (including phenoxy) is 1. The van der Waals surface area contributed by atoms with E-state index >= 15 is 0 Å². The Hall–Kier alpha value is -2.36. The molecule has 2 rings (SSSR count). The minimum atomic E-state index is -0.983. The SMILES string of the molecule is Cc1nc(Oc2ccc(C(C)C)cc2)ccc1C(=O)O. The van der Waals surface area contributed by atoms with Gasteiger partial charge >= 0.3 is 5.97 Å². The normalized spacial score (nSPS) is 10.6. The van der Waals surface area contributed by atoms with Crippen LogP contribution in [0.2, 0.25) is 0 Å². The first-order valence-electron chi connectivity index (χ1n) is 6.46. The Morgan fingerprint density at radius 3 is 2.30 bits per heavy atom. The molecular formula is C16H17NO3. The van der Waals surface area contributed by atoms with E-state index in [1.807, 2.05) is 24.3 Å². The standard InChI is InChI=1S/C16H17NO3/c1-10(2)12-4-6-13(7-5-12)20-15-9-8-14(16(18)19)11(3)17-15/h4-10H,1-3H3,(H,18,19). The van der Waals surface area contributed by atoms with Gasteiger partial charge in [-0.3, -0.25) is 0 Å². The fourth-order valence-electron chi connectivity index (χ4n) is 1.86. The highest BCUT2D eigenvalue weighted by Crippen LogP contribution is 2.23. The van der Waals surface area contributed by atoms with Crippen LogP contribution < -0.4 is 4.74 Å². The number of hydrogen-bond donors (Lipinski definition) is 1. The Balaban J connectivity index is 2.17. The van der Waals surface area contributed by atoms with Crippen LogP contribution >= 0.6 is 0 Å². The van der Waals surface area contributed by atoms with Crippen LogP contribution in [0.5, 0.6) is 11.6 Å². The van der Waals surface area contributed by atoms with Crippen molar-refractivity contribution in [3.63, 3.8) is 0 Å². The average Bonchev–Trinajstić information content (AvgIpc) is 2.39. The van der Waals surface area contributed by atoms with Gasteiger partial charge in [0.25, 0.3) is 0 Å². The van der Waals surface area contributed by atoms with Gasteiger partial charge in [0.15, 0.2) is 0 Å². The summed E-state index contributed by atoms with van der Waals surface area (Å²) in [5.74, 6) is 0.566. The summed E-state index contributed by atoms with van der Waals surface area (Å²) in [6.07, 6.45) is 0. The van der Waals surface area contributed by atoms with Gasteiger partial charge in [0, 0.05) is 6.07 Å². The van der Waals surface area contributed by atoms with Crippen molar-refractivity contribution in [1.29, 1.82) is 0 Å². The van der Waals surface area contributed by atoms with Crippen LogP contribution in [0.25, 0.3) is 0 Å². The molecule has 0 amide bonds. The molecule has 4 nitrogen and oxygen atoms in total. The number of aromatic nitrogens is 1. The molecule has 0 aliphatic rings. The van der Waals surface area contributed by atoms with Crippen LogP contribution in [0, 0.1) is 6.92 Å². The molecule has 1 heterocycles. The summed E-state index contributed by atoms with van der Waals surface area (Å²) in [4.78, 5) is 15.1. The Bertz CT molecular complexity index is 618. The van der Waals surface area contributed by atoms with Crippen molar-refractivity contribution >= 4 is 5.97 Å². The van der Waals surface area contributed by atoms with Crippen LogP contribution in [0.1, 0.15) is 41.4 Å². The molecule has 4 heteroatoms. The minimum absolute atomic E-state index is 0.188. The molecule has 0 unspecified atom stereocenters. The lowest BCUT2D eigenvalue weighted by molar-refractivity contribution is 0.0695. The van der Waals surface area contributed by atoms with Crippen LogP contribution in [0.4, 0.5) is 0 Å². The minimum Gasteiger partial charge on any atom is -0.478 e. The maximum Gasteiger partial charge on any atom is 0.337 e. The number of carbonyl (C=O) groups is 1. The highest BCUT2D eigenvalue weighted by molar-refractivity contribution is 5.88. The summed E-state index contributed by atoms with van der Waals surface area (Å²) >= 11 is 0. The third-order valence-corrected chi connectivity index (χ3v) is 3.06. The fraction of sp³-hybridized carbons (Fsp3) is 0.250. The molecule has 1 aromatic carbocycles. The molecule has 0 bridgehead atoms. The van der Waals surface area contributed by atoms with Gasteiger partial charge in [-0.15, -0.1) is 0 Å². The maximum atomic E-state index is 10.9. The summed E-state index contributed by atoms with van der Waals surface area (Å²) in [5.41, 5.74) is 1.86. The fourth-order valence-corrected chi connectivity index (χ4v) is 1.86. The number of benzene rings is 1. The summed E-state index contributed by atoms with van der Waals surface area (Å²) in [6, 6.07) is 10.9. The smallest absolute Gasteiger partial charge is 0.337 e. The van der Waals surface area contributed by atoms with Gasteiger partial charge in [-0.25, -0.2) is 9.78 Å². The van der Waals surface area contributed by atoms with Gasteiger partial charge in [0.05, 0.1) is 11.3 Å². The van der Waals surface area contributed by atoms with Gasteiger partial charge < -0.3 is 9.84 Å². The number of carboxylic acids is 1. The average molecular weight is 271 g/mol. The highest BCUT2D eigenvalue weighted by Gasteiger charge is 2.09. The first-order valence-corrected chi connectivity index (χ1v) is 6.46. The monoisotopic (exact) mass is 271 g/mol. The van der Waals surface area contributed by atoms with E-state index in [0.717, 1.165) is 0 Å². The lowest BCUT2D eigenvalue weighted by Gasteiger charge is -2.09. The van der Waals surface area contributed by atoms with E-state index in [1.54, 1.807) is 13.0 Å². The molecule has 0 fully saturated rings. The Morgan fingerprint density at radius 1 is 1.15 bits per heavy atom. The zero-order valence-corrected chi connectivity index (χ0v) is 11.8. The molecule has 0 radical (unpaired) electrons. The summed E-state index contributed by atoms with van der Waals surface area (Å²) in [6.45, 7) is 5.91. The predicted molar refractivity (Wildman–Crippen MR) is 76.5 cm³/mol. The van der Waals surface area contributed by atoms with E-state index < -0.39 is 5.97 Å². The van der Waals surface area contributed by atoms with Crippen molar-refractivity contribution in [2.24, 2.45) is 0 Å². The highest BCUT2D eigenvalue weighted by atomic mass is 16.5. The topological polar surface area (TPSA) is 59.4 Å². The predicted octanol–water partition coefficient (Wildman–Crippen LogP) is 4.00. The molecule has 104 valence electrons. The number of pyridine rings is 1. The van der Waals surface area contributed by atoms with Crippen LogP contribution in [0.15, 0.2) is 36.4 Å². The number of rotatable bonds is 4. The van der Waals surface area contributed by atoms with E-state index in [0.29, 0.717) is 23.2 Å². The molecule has 0 spiro atoms. The van der Waals surface area contributed by atoms with E-state index in [4.69, 9.17) is 9.84 Å². The van der Waals surface area contributed by atoms with Crippen molar-refractivity contribution < 1.29 is 14.6 Å². The number of aromatic carboxylic acids is 1. The molecule has 1 N–H and O–H groups in total. The van der Waals surface area contributed by atoms with Crippen LogP contribution in [0.3, 0.4) is 0 Å². The zero-order valence-electron chi connectivity index (χ0n) is 11.8. The van der Waals surface area contributed by atoms with Gasteiger partial charge in [0.2, 0.25) is 5.88 Å². The van der Waals surface area contributed by atoms with Gasteiger partial charge in [0.1, 0.15) is 5.75 Å². The maximum absolute atomic E-state index is 10.9. The largest absolute Gasteiger partial charge is 0.478 e. The van der Waals surface area contributed by atoms with Crippen molar-refractivity contribution in [3.8, 4) is 11.6 Å². The Kier molecular flexibility index (Phi) is 4.03. The number of hydrogen-bond acceptors (Lipinski definition) is 3. The Morgan fingerprint density at radius 2 is 1.80 bits per heavy atom. The van der Waals surface area contributed by atoms with Crippen LogP contribution in [-0.4, -0.2) is 16.1 Å². The lowest BCUT2D eigenvalue weighted by Crippen LogP contribution is -2.02. The molecule has 1 aromatic heterocycles. The van der Waals surface area contributed by atoms with Crippen molar-refractivity contribution in [1.82, 2.24) is 4.98 Å². The van der Waals surface area contributed by atoms with Gasteiger partial charge in [-0.1, -0.05) is 26.0 Å². The first kappa shape index (κ1) is 14.1. The first-order chi connectivity index (χ1) is 9.47. The molecule has 0 saturated heterocycles. The quantitative estimate of drug-likeness (QED) is 0.912. The molecule has 0 saturated carbocycles. The number of nitrogens with zero attached hydrogens (tertiary/aromatic N) is 1. The second-order valence-electron chi connectivity index (χ2n) is 4.91. The number of carboxylic acid groups (broad SMARTS) is 1. The van der Waals surface area contributed by atoms with Crippen molar-refractivity contribution in [2.45, 2.75) is 26.7 Å².